The van der Waals surface area contributed by atoms with Gasteiger partial charge < -0.3 is 14.8 Å². The minimum absolute atomic E-state index is 0.0263. The first kappa shape index (κ1) is 19.6. The minimum atomic E-state index is 0.0263. The summed E-state index contributed by atoms with van der Waals surface area (Å²) in [7, 11) is 0. The molecule has 4 heterocycles. The van der Waals surface area contributed by atoms with Gasteiger partial charge in [-0.3, -0.25) is 9.97 Å². The largest absolute Gasteiger partial charge is 0.352 e. The predicted molar refractivity (Wildman–Crippen MR) is 120 cm³/mol. The number of pyridine rings is 2. The van der Waals surface area contributed by atoms with Crippen LogP contribution in [-0.4, -0.2) is 30.6 Å². The maximum absolute atomic E-state index is 5.73. The van der Waals surface area contributed by atoms with E-state index in [9.17, 15) is 0 Å². The van der Waals surface area contributed by atoms with Gasteiger partial charge >= 0.3 is 0 Å². The van der Waals surface area contributed by atoms with Gasteiger partial charge in [0.15, 0.2) is 5.11 Å². The molecule has 0 aliphatic carbocycles. The van der Waals surface area contributed by atoms with Gasteiger partial charge in [-0.1, -0.05) is 12.1 Å². The van der Waals surface area contributed by atoms with Crippen molar-refractivity contribution >= 4 is 17.3 Å². The molecule has 0 saturated carbocycles. The number of rotatable bonds is 5. The van der Waals surface area contributed by atoms with E-state index in [1.54, 1.807) is 0 Å². The number of aromatic nitrogens is 3. The molecule has 1 fully saturated rings. The monoisotopic (exact) mass is 405 g/mol. The molecule has 1 N–H and O–H groups in total. The first-order valence-electron chi connectivity index (χ1n) is 10.0. The Bertz CT molecular complexity index is 997. The van der Waals surface area contributed by atoms with Gasteiger partial charge in [-0.2, -0.15) is 0 Å². The Labute approximate surface area is 177 Å². The molecule has 3 aromatic heterocycles. The quantitative estimate of drug-likeness (QED) is 0.641. The van der Waals surface area contributed by atoms with Crippen LogP contribution >= 0.6 is 12.2 Å². The highest BCUT2D eigenvalue weighted by molar-refractivity contribution is 7.80. The molecule has 0 amide bonds. The molecule has 0 spiro atoms. The second-order valence-corrected chi connectivity index (χ2v) is 8.29. The highest BCUT2D eigenvalue weighted by Gasteiger charge is 2.42. The Kier molecular flexibility index (Phi) is 5.37. The van der Waals surface area contributed by atoms with Crippen molar-refractivity contribution in [2.24, 2.45) is 0 Å². The van der Waals surface area contributed by atoms with Crippen LogP contribution in [0, 0.1) is 13.8 Å². The normalized spacial score (nSPS) is 19.1. The first-order valence-corrected chi connectivity index (χ1v) is 10.4. The van der Waals surface area contributed by atoms with E-state index in [2.05, 4.69) is 70.6 Å². The molecule has 1 aliphatic rings. The average Bonchev–Trinajstić information content (AvgIpc) is 3.20. The maximum atomic E-state index is 5.73. The summed E-state index contributed by atoms with van der Waals surface area (Å²) in [5, 5.41) is 4.32. The Balaban J connectivity index is 1.77. The Hall–Kier alpha value is -2.73. The number of hydrogen-bond donors (Lipinski definition) is 1. The third kappa shape index (κ3) is 3.65. The molecule has 2 unspecified atom stereocenters. The summed E-state index contributed by atoms with van der Waals surface area (Å²) >= 11 is 5.73. The summed E-state index contributed by atoms with van der Waals surface area (Å²) < 4.78 is 2.36. The summed E-state index contributed by atoms with van der Waals surface area (Å²) in [5.74, 6) is 0. The van der Waals surface area contributed by atoms with E-state index in [-0.39, 0.29) is 18.1 Å². The van der Waals surface area contributed by atoms with Crippen molar-refractivity contribution in [3.63, 3.8) is 0 Å². The smallest absolute Gasteiger partial charge is 0.170 e. The molecular formula is C23H27N5S. The van der Waals surface area contributed by atoms with Gasteiger partial charge in [0.2, 0.25) is 0 Å². The zero-order valence-electron chi connectivity index (χ0n) is 17.3. The van der Waals surface area contributed by atoms with Crippen LogP contribution in [0.25, 0.3) is 0 Å². The van der Waals surface area contributed by atoms with Crippen LogP contribution in [0.2, 0.25) is 0 Å². The predicted octanol–water partition coefficient (Wildman–Crippen LogP) is 4.32. The maximum Gasteiger partial charge on any atom is 0.170 e. The summed E-state index contributed by atoms with van der Waals surface area (Å²) in [6.45, 7) is 9.57. The van der Waals surface area contributed by atoms with Gasteiger partial charge in [0.25, 0.3) is 0 Å². The molecule has 0 aromatic carbocycles. The Morgan fingerprint density at radius 1 is 1.14 bits per heavy atom. The molecule has 150 valence electrons. The molecule has 1 aliphatic heterocycles. The third-order valence-electron chi connectivity index (χ3n) is 5.69. The second kappa shape index (κ2) is 7.95. The highest BCUT2D eigenvalue weighted by atomic mass is 32.1. The van der Waals surface area contributed by atoms with E-state index >= 15 is 0 Å². The van der Waals surface area contributed by atoms with Crippen molar-refractivity contribution in [2.75, 3.05) is 0 Å². The fourth-order valence-corrected chi connectivity index (χ4v) is 4.75. The van der Waals surface area contributed by atoms with Gasteiger partial charge in [-0.15, -0.1) is 0 Å². The molecule has 29 heavy (non-hydrogen) atoms. The lowest BCUT2D eigenvalue weighted by Crippen LogP contribution is -2.35. The summed E-state index contributed by atoms with van der Waals surface area (Å²) in [5.41, 5.74) is 6.00. The molecule has 5 nitrogen and oxygen atoms in total. The van der Waals surface area contributed by atoms with Crippen LogP contribution in [0.5, 0.6) is 0 Å². The van der Waals surface area contributed by atoms with Gasteiger partial charge in [-0.05, 0) is 75.3 Å². The molecule has 3 aromatic rings. The number of aryl methyl sites for hydroxylation is 1. The molecule has 1 saturated heterocycles. The topological polar surface area (TPSA) is 46.0 Å². The van der Waals surface area contributed by atoms with E-state index in [1.807, 2.05) is 36.8 Å². The fourth-order valence-electron chi connectivity index (χ4n) is 4.30. The van der Waals surface area contributed by atoms with E-state index in [0.29, 0.717) is 0 Å². The summed E-state index contributed by atoms with van der Waals surface area (Å²) in [4.78, 5) is 11.2. The van der Waals surface area contributed by atoms with E-state index in [0.717, 1.165) is 17.4 Å². The van der Waals surface area contributed by atoms with Crippen molar-refractivity contribution in [1.29, 1.82) is 0 Å². The van der Waals surface area contributed by atoms with E-state index in [4.69, 9.17) is 12.2 Å². The lowest BCUT2D eigenvalue weighted by molar-refractivity contribution is 0.268. The van der Waals surface area contributed by atoms with Crippen molar-refractivity contribution in [2.45, 2.75) is 52.4 Å². The minimum Gasteiger partial charge on any atom is -0.352 e. The van der Waals surface area contributed by atoms with E-state index in [1.165, 1.54) is 22.5 Å². The number of nitrogens with one attached hydrogen (secondary N) is 1. The lowest BCUT2D eigenvalue weighted by atomic mass is 9.96. The van der Waals surface area contributed by atoms with Crippen LogP contribution in [0.1, 0.15) is 54.1 Å². The van der Waals surface area contributed by atoms with Crippen molar-refractivity contribution in [3.8, 4) is 0 Å². The summed E-state index contributed by atoms with van der Waals surface area (Å²) in [6, 6.07) is 12.9. The second-order valence-electron chi connectivity index (χ2n) is 7.90. The van der Waals surface area contributed by atoms with Gasteiger partial charge in [-0.25, -0.2) is 0 Å². The van der Waals surface area contributed by atoms with Crippen LogP contribution < -0.4 is 5.32 Å². The average molecular weight is 406 g/mol. The van der Waals surface area contributed by atoms with Crippen molar-refractivity contribution in [3.05, 3.63) is 83.2 Å². The van der Waals surface area contributed by atoms with Crippen molar-refractivity contribution < 1.29 is 0 Å². The van der Waals surface area contributed by atoms with Crippen molar-refractivity contribution in [1.82, 2.24) is 24.8 Å². The van der Waals surface area contributed by atoms with Crippen LogP contribution in [0.3, 0.4) is 0 Å². The van der Waals surface area contributed by atoms with Crippen LogP contribution in [0.15, 0.2) is 55.0 Å². The third-order valence-corrected chi connectivity index (χ3v) is 6.02. The van der Waals surface area contributed by atoms with Gasteiger partial charge in [0.1, 0.15) is 0 Å². The first-order chi connectivity index (χ1) is 14.0. The summed E-state index contributed by atoms with van der Waals surface area (Å²) in [6.07, 6.45) is 5.59. The highest BCUT2D eigenvalue weighted by Crippen LogP contribution is 2.41. The Morgan fingerprint density at radius 2 is 1.97 bits per heavy atom. The fraction of sp³-hybridized carbons (Fsp3) is 0.348. The SMILES string of the molecule is Cc1cc(C2C(c3ccccn3)NC(=S)N2C(C)C)c(C)n1Cc1cccnc1. The molecule has 4 rings (SSSR count). The zero-order valence-corrected chi connectivity index (χ0v) is 18.1. The molecule has 0 bridgehead atoms. The number of hydrogen-bond acceptors (Lipinski definition) is 3. The zero-order chi connectivity index (χ0) is 20.5. The molecule has 2 atom stereocenters. The Morgan fingerprint density at radius 3 is 2.62 bits per heavy atom. The number of nitrogens with zero attached hydrogens (tertiary/aromatic N) is 4. The van der Waals surface area contributed by atoms with Crippen LogP contribution in [-0.2, 0) is 6.54 Å². The molecule has 0 radical (unpaired) electrons. The number of thiocarbonyl (C=S) groups is 1. The van der Waals surface area contributed by atoms with Gasteiger partial charge in [0.05, 0.1) is 17.8 Å². The van der Waals surface area contributed by atoms with Gasteiger partial charge in [0, 0.05) is 42.6 Å². The molecular weight excluding hydrogens is 378 g/mol. The molecule has 6 heteroatoms. The standard InChI is InChI=1S/C23H27N5S/c1-15(2)28-22(21(26-23(28)29)20-9-5-6-11-25-20)19-12-16(3)27(17(19)4)14-18-8-7-10-24-13-18/h5-13,15,21-22H,14H2,1-4H3,(H,26,29). The van der Waals surface area contributed by atoms with Crippen LogP contribution in [0.4, 0.5) is 0 Å². The lowest BCUT2D eigenvalue weighted by Gasteiger charge is -2.31. The van der Waals surface area contributed by atoms with E-state index < -0.39 is 0 Å².